The molecule has 0 unspecified atom stereocenters. The van der Waals surface area contributed by atoms with E-state index in [9.17, 15) is 0 Å². The van der Waals surface area contributed by atoms with Gasteiger partial charge in [-0.15, -0.1) is 10.2 Å². The van der Waals surface area contributed by atoms with Gasteiger partial charge in [0, 0.05) is 6.54 Å². The highest BCUT2D eigenvalue weighted by Gasteiger charge is 2.12. The zero-order valence-electron chi connectivity index (χ0n) is 9.98. The van der Waals surface area contributed by atoms with Gasteiger partial charge in [0.15, 0.2) is 11.0 Å². The molecule has 0 bridgehead atoms. The fourth-order valence-electron chi connectivity index (χ4n) is 1.09. The number of rotatable bonds is 2. The van der Waals surface area contributed by atoms with Crippen molar-refractivity contribution >= 4 is 17.4 Å². The minimum atomic E-state index is 0.224. The Morgan fingerprint density at radius 1 is 1.13 bits per heavy atom. The second-order valence-corrected chi connectivity index (χ2v) is 5.36. The first kappa shape index (κ1) is 12.2. The molecule has 0 radical (unpaired) electrons. The summed E-state index contributed by atoms with van der Waals surface area (Å²) in [5.41, 5.74) is 2.28. The lowest BCUT2D eigenvalue weighted by Crippen LogP contribution is -2.20. The largest absolute Gasteiger partial charge is 0.368 e. The van der Waals surface area contributed by atoms with Crippen molar-refractivity contribution in [2.75, 3.05) is 11.9 Å². The van der Waals surface area contributed by atoms with E-state index in [0.29, 0.717) is 5.15 Å². The Morgan fingerprint density at radius 2 is 1.73 bits per heavy atom. The van der Waals surface area contributed by atoms with E-state index in [0.717, 1.165) is 23.5 Å². The predicted molar refractivity (Wildman–Crippen MR) is 64.5 cm³/mol. The van der Waals surface area contributed by atoms with Gasteiger partial charge in [0.1, 0.15) is 0 Å². The molecule has 15 heavy (non-hydrogen) atoms. The van der Waals surface area contributed by atoms with Gasteiger partial charge in [-0.25, -0.2) is 0 Å². The third-order valence-corrected chi connectivity index (χ3v) is 2.61. The molecule has 0 fully saturated rings. The van der Waals surface area contributed by atoms with Crippen molar-refractivity contribution in [3.05, 3.63) is 16.3 Å². The highest BCUT2D eigenvalue weighted by atomic mass is 35.5. The Balaban J connectivity index is 2.83. The lowest BCUT2D eigenvalue weighted by Gasteiger charge is -2.20. The molecular formula is C11H18ClN3. The van der Waals surface area contributed by atoms with Gasteiger partial charge in [0.2, 0.25) is 0 Å². The lowest BCUT2D eigenvalue weighted by molar-refractivity contribution is 0.442. The van der Waals surface area contributed by atoms with E-state index < -0.39 is 0 Å². The van der Waals surface area contributed by atoms with E-state index in [1.807, 2.05) is 13.8 Å². The van der Waals surface area contributed by atoms with Crippen molar-refractivity contribution in [1.29, 1.82) is 0 Å². The monoisotopic (exact) mass is 227 g/mol. The summed E-state index contributed by atoms with van der Waals surface area (Å²) in [5, 5.41) is 11.7. The van der Waals surface area contributed by atoms with Crippen LogP contribution in [-0.4, -0.2) is 16.7 Å². The third kappa shape index (κ3) is 3.34. The van der Waals surface area contributed by atoms with Crippen molar-refractivity contribution in [3.8, 4) is 0 Å². The molecule has 0 aliphatic heterocycles. The predicted octanol–water partition coefficient (Wildman–Crippen LogP) is 3.20. The SMILES string of the molecule is Cc1c(Cl)nnc(NCC(C)(C)C)c1C. The van der Waals surface area contributed by atoms with Crippen LogP contribution in [0.1, 0.15) is 31.9 Å². The molecule has 0 spiro atoms. The van der Waals surface area contributed by atoms with Gasteiger partial charge in [0.05, 0.1) is 0 Å². The van der Waals surface area contributed by atoms with Crippen LogP contribution in [0, 0.1) is 19.3 Å². The van der Waals surface area contributed by atoms with Gasteiger partial charge in [-0.05, 0) is 30.4 Å². The molecule has 1 rings (SSSR count). The minimum Gasteiger partial charge on any atom is -0.368 e. The quantitative estimate of drug-likeness (QED) is 0.843. The Morgan fingerprint density at radius 3 is 2.27 bits per heavy atom. The van der Waals surface area contributed by atoms with Gasteiger partial charge in [-0.3, -0.25) is 0 Å². The first-order valence-corrected chi connectivity index (χ1v) is 5.42. The van der Waals surface area contributed by atoms with E-state index in [4.69, 9.17) is 11.6 Å². The van der Waals surface area contributed by atoms with Crippen LogP contribution in [0.5, 0.6) is 0 Å². The molecule has 3 nitrogen and oxygen atoms in total. The fraction of sp³-hybridized carbons (Fsp3) is 0.636. The Labute approximate surface area is 96.2 Å². The summed E-state index contributed by atoms with van der Waals surface area (Å²) in [5.74, 6) is 0.826. The Bertz CT molecular complexity index is 356. The average Bonchev–Trinajstić information content (AvgIpc) is 2.12. The molecule has 4 heteroatoms. The number of aromatic nitrogens is 2. The zero-order chi connectivity index (χ0) is 11.6. The molecular weight excluding hydrogens is 210 g/mol. The van der Waals surface area contributed by atoms with Crippen molar-refractivity contribution in [1.82, 2.24) is 10.2 Å². The lowest BCUT2D eigenvalue weighted by atomic mass is 9.97. The summed E-state index contributed by atoms with van der Waals surface area (Å²) in [6.07, 6.45) is 0. The van der Waals surface area contributed by atoms with Crippen LogP contribution in [0.3, 0.4) is 0 Å². The molecule has 0 aromatic carbocycles. The number of anilines is 1. The maximum absolute atomic E-state index is 5.87. The summed E-state index contributed by atoms with van der Waals surface area (Å²) in [7, 11) is 0. The maximum atomic E-state index is 5.87. The van der Waals surface area contributed by atoms with Crippen molar-refractivity contribution < 1.29 is 0 Å². The standard InChI is InChI=1S/C11H18ClN3/c1-7-8(2)10(15-14-9(7)12)13-6-11(3,4)5/h6H2,1-5H3,(H,13,15). The molecule has 0 aliphatic rings. The first-order valence-electron chi connectivity index (χ1n) is 5.04. The summed E-state index contributed by atoms with van der Waals surface area (Å²) in [4.78, 5) is 0. The molecule has 0 amide bonds. The molecule has 0 saturated heterocycles. The molecule has 0 aliphatic carbocycles. The average molecular weight is 228 g/mol. The van der Waals surface area contributed by atoms with Crippen molar-refractivity contribution in [2.24, 2.45) is 5.41 Å². The summed E-state index contributed by atoms with van der Waals surface area (Å²) < 4.78 is 0. The number of halogens is 1. The minimum absolute atomic E-state index is 0.224. The maximum Gasteiger partial charge on any atom is 0.155 e. The topological polar surface area (TPSA) is 37.8 Å². The smallest absolute Gasteiger partial charge is 0.155 e. The van der Waals surface area contributed by atoms with Crippen LogP contribution < -0.4 is 5.32 Å². The van der Waals surface area contributed by atoms with Crippen LogP contribution >= 0.6 is 11.6 Å². The van der Waals surface area contributed by atoms with Gasteiger partial charge in [-0.1, -0.05) is 32.4 Å². The van der Waals surface area contributed by atoms with Crippen LogP contribution in [0.25, 0.3) is 0 Å². The van der Waals surface area contributed by atoms with Crippen LogP contribution in [0.2, 0.25) is 5.15 Å². The highest BCUT2D eigenvalue weighted by Crippen LogP contribution is 2.22. The fourth-order valence-corrected chi connectivity index (χ4v) is 1.27. The molecule has 84 valence electrons. The van der Waals surface area contributed by atoms with Gasteiger partial charge in [0.25, 0.3) is 0 Å². The van der Waals surface area contributed by atoms with E-state index in [2.05, 4.69) is 36.3 Å². The van der Waals surface area contributed by atoms with E-state index in [1.54, 1.807) is 0 Å². The molecule has 1 aromatic rings. The first-order chi connectivity index (χ1) is 6.81. The van der Waals surface area contributed by atoms with Gasteiger partial charge >= 0.3 is 0 Å². The van der Waals surface area contributed by atoms with E-state index in [-0.39, 0.29) is 5.41 Å². The van der Waals surface area contributed by atoms with Crippen molar-refractivity contribution in [3.63, 3.8) is 0 Å². The van der Waals surface area contributed by atoms with E-state index in [1.165, 1.54) is 0 Å². The number of hydrogen-bond acceptors (Lipinski definition) is 3. The second-order valence-electron chi connectivity index (χ2n) is 5.00. The Kier molecular flexibility index (Phi) is 3.55. The molecule has 1 aromatic heterocycles. The highest BCUT2D eigenvalue weighted by molar-refractivity contribution is 6.30. The molecule has 0 atom stereocenters. The Hall–Kier alpha value is -0.830. The van der Waals surface area contributed by atoms with Gasteiger partial charge < -0.3 is 5.32 Å². The van der Waals surface area contributed by atoms with E-state index >= 15 is 0 Å². The zero-order valence-corrected chi connectivity index (χ0v) is 10.7. The molecule has 0 saturated carbocycles. The number of nitrogens with zero attached hydrogens (tertiary/aromatic N) is 2. The molecule has 1 N–H and O–H groups in total. The number of hydrogen-bond donors (Lipinski definition) is 1. The van der Waals surface area contributed by atoms with Gasteiger partial charge in [-0.2, -0.15) is 0 Å². The normalized spacial score (nSPS) is 11.6. The second kappa shape index (κ2) is 4.35. The number of nitrogens with one attached hydrogen (secondary N) is 1. The van der Waals surface area contributed by atoms with Crippen LogP contribution in [-0.2, 0) is 0 Å². The molecule has 1 heterocycles. The summed E-state index contributed by atoms with van der Waals surface area (Å²) in [6.45, 7) is 11.3. The third-order valence-electron chi connectivity index (χ3n) is 2.25. The van der Waals surface area contributed by atoms with Crippen LogP contribution in [0.4, 0.5) is 5.82 Å². The summed E-state index contributed by atoms with van der Waals surface area (Å²) in [6, 6.07) is 0. The van der Waals surface area contributed by atoms with Crippen molar-refractivity contribution in [2.45, 2.75) is 34.6 Å². The van der Waals surface area contributed by atoms with Crippen LogP contribution in [0.15, 0.2) is 0 Å². The summed E-state index contributed by atoms with van der Waals surface area (Å²) >= 11 is 5.87.